The van der Waals surface area contributed by atoms with Crippen LogP contribution in [-0.2, 0) is 11.3 Å². The van der Waals surface area contributed by atoms with Crippen LogP contribution in [0.5, 0.6) is 17.2 Å². The highest BCUT2D eigenvalue weighted by atomic mass is 32.2. The molecule has 0 saturated carbocycles. The predicted molar refractivity (Wildman–Crippen MR) is 127 cm³/mol. The van der Waals surface area contributed by atoms with Crippen molar-refractivity contribution in [2.45, 2.75) is 23.9 Å². The molecule has 1 amide bonds. The molecule has 1 aliphatic rings. The van der Waals surface area contributed by atoms with Crippen molar-refractivity contribution in [2.24, 2.45) is 0 Å². The number of imidazole rings is 1. The van der Waals surface area contributed by atoms with Crippen LogP contribution < -0.4 is 19.5 Å². The molecule has 1 unspecified atom stereocenters. The molecule has 1 aliphatic heterocycles. The summed E-state index contributed by atoms with van der Waals surface area (Å²) in [5.74, 6) is 2.16. The molecule has 168 valence electrons. The monoisotopic (exact) mass is 461 g/mol. The van der Waals surface area contributed by atoms with Gasteiger partial charge in [0.2, 0.25) is 12.7 Å². The number of hydrogen-bond acceptors (Lipinski definition) is 6. The van der Waals surface area contributed by atoms with Crippen molar-refractivity contribution in [3.8, 4) is 22.9 Å². The minimum atomic E-state index is -0.340. The Kier molecular flexibility index (Phi) is 5.83. The van der Waals surface area contributed by atoms with Crippen molar-refractivity contribution < 1.29 is 19.0 Å². The third-order valence-corrected chi connectivity index (χ3v) is 6.47. The summed E-state index contributed by atoms with van der Waals surface area (Å²) in [6, 6.07) is 21.4. The van der Waals surface area contributed by atoms with E-state index in [4.69, 9.17) is 19.2 Å². The van der Waals surface area contributed by atoms with Gasteiger partial charge in [-0.05, 0) is 61.0 Å². The molecule has 0 saturated heterocycles. The van der Waals surface area contributed by atoms with Crippen molar-refractivity contribution in [1.29, 1.82) is 0 Å². The number of methoxy groups -OCH3 is 1. The van der Waals surface area contributed by atoms with Gasteiger partial charge < -0.3 is 19.5 Å². The summed E-state index contributed by atoms with van der Waals surface area (Å²) in [4.78, 5) is 17.7. The maximum atomic E-state index is 12.9. The third kappa shape index (κ3) is 4.34. The van der Waals surface area contributed by atoms with Crippen molar-refractivity contribution in [3.63, 3.8) is 0 Å². The van der Waals surface area contributed by atoms with E-state index < -0.39 is 0 Å². The van der Waals surface area contributed by atoms with Gasteiger partial charge in [0.15, 0.2) is 16.7 Å². The summed E-state index contributed by atoms with van der Waals surface area (Å²) in [5, 5.41) is 3.43. The summed E-state index contributed by atoms with van der Waals surface area (Å²) in [6.45, 7) is 2.53. The van der Waals surface area contributed by atoms with Gasteiger partial charge in [-0.3, -0.25) is 9.36 Å². The lowest BCUT2D eigenvalue weighted by molar-refractivity contribution is -0.120. The van der Waals surface area contributed by atoms with Gasteiger partial charge in [0, 0.05) is 12.2 Å². The summed E-state index contributed by atoms with van der Waals surface area (Å²) < 4.78 is 18.1. The largest absolute Gasteiger partial charge is 0.497 e. The average Bonchev–Trinajstić information content (AvgIpc) is 3.46. The molecule has 0 spiro atoms. The molecule has 0 bridgehead atoms. The fraction of sp³-hybridized carbons (Fsp3) is 0.200. The first-order valence-corrected chi connectivity index (χ1v) is 11.4. The molecule has 0 radical (unpaired) electrons. The molecule has 2 heterocycles. The lowest BCUT2D eigenvalue weighted by atomic mass is 10.2. The molecule has 0 aliphatic carbocycles. The maximum Gasteiger partial charge on any atom is 0.233 e. The van der Waals surface area contributed by atoms with Crippen LogP contribution in [0.4, 0.5) is 0 Å². The van der Waals surface area contributed by atoms with Crippen LogP contribution in [0.25, 0.3) is 16.7 Å². The highest BCUT2D eigenvalue weighted by Gasteiger charge is 2.21. The van der Waals surface area contributed by atoms with Gasteiger partial charge in [0.1, 0.15) is 5.75 Å². The number of amides is 1. The Morgan fingerprint density at radius 2 is 1.91 bits per heavy atom. The fourth-order valence-electron chi connectivity index (χ4n) is 3.66. The minimum Gasteiger partial charge on any atom is -0.497 e. The Morgan fingerprint density at radius 1 is 1.12 bits per heavy atom. The van der Waals surface area contributed by atoms with Crippen molar-refractivity contribution in [1.82, 2.24) is 14.9 Å². The van der Waals surface area contributed by atoms with E-state index in [1.807, 2.05) is 73.7 Å². The molecule has 1 N–H and O–H groups in total. The van der Waals surface area contributed by atoms with E-state index in [1.54, 1.807) is 7.11 Å². The van der Waals surface area contributed by atoms with Crippen molar-refractivity contribution in [3.05, 3.63) is 72.3 Å². The quantitative estimate of drug-likeness (QED) is 0.407. The fourth-order valence-corrected chi connectivity index (χ4v) is 4.63. The molecule has 8 heteroatoms. The second-order valence-corrected chi connectivity index (χ2v) is 8.89. The molecular formula is C25H23N3O4S. The van der Waals surface area contributed by atoms with Gasteiger partial charge in [0.25, 0.3) is 0 Å². The van der Waals surface area contributed by atoms with E-state index in [-0.39, 0.29) is 18.0 Å². The van der Waals surface area contributed by atoms with Crippen LogP contribution in [0.1, 0.15) is 12.5 Å². The Morgan fingerprint density at radius 3 is 2.73 bits per heavy atom. The lowest BCUT2D eigenvalue weighted by Gasteiger charge is -2.14. The van der Waals surface area contributed by atoms with Crippen LogP contribution in [0.3, 0.4) is 0 Å². The predicted octanol–water partition coefficient (Wildman–Crippen LogP) is 4.56. The van der Waals surface area contributed by atoms with Crippen LogP contribution in [0.15, 0.2) is 71.9 Å². The van der Waals surface area contributed by atoms with Gasteiger partial charge >= 0.3 is 0 Å². The van der Waals surface area contributed by atoms with E-state index >= 15 is 0 Å². The number of ether oxygens (including phenoxy) is 3. The zero-order chi connectivity index (χ0) is 22.8. The highest BCUT2D eigenvalue weighted by Crippen LogP contribution is 2.33. The SMILES string of the molecule is COc1ccc(-n2c(SC(C)C(=O)NCc3ccc4c(c3)OCO4)nc3ccccc32)cc1. The smallest absolute Gasteiger partial charge is 0.233 e. The van der Waals surface area contributed by atoms with Gasteiger partial charge in [-0.1, -0.05) is 30.0 Å². The number of carbonyl (C=O) groups excluding carboxylic acids is 1. The molecule has 7 nitrogen and oxygen atoms in total. The maximum absolute atomic E-state index is 12.9. The zero-order valence-electron chi connectivity index (χ0n) is 18.3. The van der Waals surface area contributed by atoms with Gasteiger partial charge in [-0.15, -0.1) is 0 Å². The minimum absolute atomic E-state index is 0.0639. The van der Waals surface area contributed by atoms with Crippen molar-refractivity contribution >= 4 is 28.7 Å². The number of benzene rings is 3. The van der Waals surface area contributed by atoms with E-state index in [0.29, 0.717) is 12.3 Å². The van der Waals surface area contributed by atoms with E-state index in [9.17, 15) is 4.79 Å². The second kappa shape index (κ2) is 9.07. The Bertz CT molecular complexity index is 1300. The Labute approximate surface area is 195 Å². The van der Waals surface area contributed by atoms with Gasteiger partial charge in [0.05, 0.1) is 23.4 Å². The zero-order valence-corrected chi connectivity index (χ0v) is 19.1. The first kappa shape index (κ1) is 21.2. The second-order valence-electron chi connectivity index (χ2n) is 7.58. The number of nitrogens with zero attached hydrogens (tertiary/aromatic N) is 2. The van der Waals surface area contributed by atoms with Crippen LogP contribution in [-0.4, -0.2) is 34.6 Å². The molecular weight excluding hydrogens is 438 g/mol. The third-order valence-electron chi connectivity index (χ3n) is 5.42. The molecule has 33 heavy (non-hydrogen) atoms. The number of thioether (sulfide) groups is 1. The number of nitrogens with one attached hydrogen (secondary N) is 1. The molecule has 4 aromatic rings. The average molecular weight is 462 g/mol. The summed E-state index contributed by atoms with van der Waals surface area (Å²) in [5.41, 5.74) is 3.78. The number of hydrogen-bond donors (Lipinski definition) is 1. The topological polar surface area (TPSA) is 74.6 Å². The summed E-state index contributed by atoms with van der Waals surface area (Å²) in [6.07, 6.45) is 0. The van der Waals surface area contributed by atoms with Crippen molar-refractivity contribution in [2.75, 3.05) is 13.9 Å². The number of rotatable bonds is 7. The number of aromatic nitrogens is 2. The summed E-state index contributed by atoms with van der Waals surface area (Å²) in [7, 11) is 1.65. The van der Waals surface area contributed by atoms with Crippen LogP contribution in [0, 0.1) is 0 Å². The van der Waals surface area contributed by atoms with Gasteiger partial charge in [-0.2, -0.15) is 0 Å². The van der Waals surface area contributed by atoms with Crippen LogP contribution in [0.2, 0.25) is 0 Å². The first-order chi connectivity index (χ1) is 16.1. The number of para-hydroxylation sites is 2. The van der Waals surface area contributed by atoms with E-state index in [2.05, 4.69) is 9.88 Å². The first-order valence-electron chi connectivity index (χ1n) is 10.6. The highest BCUT2D eigenvalue weighted by molar-refractivity contribution is 8.00. The molecule has 1 aromatic heterocycles. The standard InChI is InChI=1S/C25H23N3O4S/c1-16(24(29)26-14-17-7-12-22-23(13-17)32-15-31-22)33-25-27-20-5-3-4-6-21(20)28(25)18-8-10-19(30-2)11-9-18/h3-13,16H,14-15H2,1-2H3,(H,26,29). The van der Waals surface area contributed by atoms with Gasteiger partial charge in [-0.25, -0.2) is 4.98 Å². The van der Waals surface area contributed by atoms with E-state index in [0.717, 1.165) is 38.9 Å². The normalized spacial score (nSPS) is 13.2. The van der Waals surface area contributed by atoms with Crippen LogP contribution >= 0.6 is 11.8 Å². The van der Waals surface area contributed by atoms with E-state index in [1.165, 1.54) is 11.8 Å². The molecule has 5 rings (SSSR count). The Hall–Kier alpha value is -3.65. The lowest BCUT2D eigenvalue weighted by Crippen LogP contribution is -2.30. The Balaban J connectivity index is 1.34. The number of carbonyl (C=O) groups is 1. The molecule has 3 aromatic carbocycles. The molecule has 0 fully saturated rings. The molecule has 1 atom stereocenters. The summed E-state index contributed by atoms with van der Waals surface area (Å²) >= 11 is 1.43. The number of fused-ring (bicyclic) bond motifs is 2.